The number of oxazole rings is 1. The van der Waals surface area contributed by atoms with Gasteiger partial charge in [-0.3, -0.25) is 4.57 Å². The fourth-order valence-corrected chi connectivity index (χ4v) is 9.47. The Morgan fingerprint density at radius 2 is 0.683 bits per heavy atom. The summed E-state index contributed by atoms with van der Waals surface area (Å²) in [6.45, 7) is 0. The SMILES string of the molecule is c1ccc2c(c1)c1ccccc1n2-c1ccc(-c2nc3nc(-n4c5ccccc5c5ccccc54)cc(-c4ccc(-n5c6ccccc6c6ccccc65)cc4)c3o2)cc1. The lowest BCUT2D eigenvalue weighted by Crippen LogP contribution is -1.99. The molecule has 280 valence electrons. The Bertz CT molecular complexity index is 3670. The van der Waals surface area contributed by atoms with Gasteiger partial charge in [-0.25, -0.2) is 4.98 Å². The summed E-state index contributed by atoms with van der Waals surface area (Å²) in [5, 5.41) is 7.29. The van der Waals surface area contributed by atoms with Crippen molar-refractivity contribution in [3.63, 3.8) is 0 Å². The van der Waals surface area contributed by atoms with E-state index in [4.69, 9.17) is 14.4 Å². The lowest BCUT2D eigenvalue weighted by atomic mass is 10.1. The van der Waals surface area contributed by atoms with E-state index in [-0.39, 0.29) is 0 Å². The summed E-state index contributed by atoms with van der Waals surface area (Å²) in [4.78, 5) is 10.4. The molecule has 6 heteroatoms. The van der Waals surface area contributed by atoms with Crippen molar-refractivity contribution in [2.45, 2.75) is 0 Å². The van der Waals surface area contributed by atoms with Gasteiger partial charge in [0.25, 0.3) is 0 Å². The summed E-state index contributed by atoms with van der Waals surface area (Å²) in [6.07, 6.45) is 0. The van der Waals surface area contributed by atoms with Crippen LogP contribution in [0.15, 0.2) is 205 Å². The zero-order valence-corrected chi connectivity index (χ0v) is 32.2. The van der Waals surface area contributed by atoms with E-state index >= 15 is 0 Å². The standard InChI is InChI=1S/C54H33N5O/c1-7-19-45-38(13-1)39-14-2-8-20-46(39)57(45)36-29-25-34(26-30-36)44-33-51(59-49-23-11-5-17-42(49)43-18-6-12-24-50(43)59)55-53-52(44)60-54(56-53)35-27-31-37(32-28-35)58-47-21-9-3-15-40(47)41-16-4-10-22-48(41)58/h1-33H. The lowest BCUT2D eigenvalue weighted by Gasteiger charge is -2.11. The Kier molecular flexibility index (Phi) is 6.91. The van der Waals surface area contributed by atoms with Crippen molar-refractivity contribution in [2.75, 3.05) is 0 Å². The van der Waals surface area contributed by atoms with E-state index in [1.807, 2.05) is 0 Å². The number of para-hydroxylation sites is 6. The molecule has 8 aromatic carbocycles. The molecule has 0 spiro atoms. The van der Waals surface area contributed by atoms with E-state index in [1.54, 1.807) is 0 Å². The van der Waals surface area contributed by atoms with Gasteiger partial charge in [-0.05, 0) is 84.4 Å². The Morgan fingerprint density at radius 3 is 1.08 bits per heavy atom. The average molecular weight is 768 g/mol. The van der Waals surface area contributed by atoms with Crippen LogP contribution in [-0.4, -0.2) is 23.7 Å². The van der Waals surface area contributed by atoms with Crippen molar-refractivity contribution in [2.24, 2.45) is 0 Å². The van der Waals surface area contributed by atoms with Gasteiger partial charge >= 0.3 is 0 Å². The van der Waals surface area contributed by atoms with Gasteiger partial charge in [-0.1, -0.05) is 121 Å². The van der Waals surface area contributed by atoms with Crippen LogP contribution in [0.5, 0.6) is 0 Å². The van der Waals surface area contributed by atoms with Crippen LogP contribution in [-0.2, 0) is 0 Å². The summed E-state index contributed by atoms with van der Waals surface area (Å²) >= 11 is 0. The van der Waals surface area contributed by atoms with Crippen LogP contribution in [0.2, 0.25) is 0 Å². The molecule has 5 heterocycles. The Balaban J connectivity index is 0.985. The Morgan fingerprint density at radius 1 is 0.333 bits per heavy atom. The molecular formula is C54H33N5O. The topological polar surface area (TPSA) is 53.7 Å². The van der Waals surface area contributed by atoms with Gasteiger partial charge in [0.1, 0.15) is 5.82 Å². The van der Waals surface area contributed by atoms with Gasteiger partial charge in [-0.15, -0.1) is 0 Å². The van der Waals surface area contributed by atoms with E-state index in [0.29, 0.717) is 17.1 Å². The second-order valence-corrected chi connectivity index (χ2v) is 15.4. The molecule has 0 saturated carbocycles. The Hall–Kier alpha value is -8.22. The summed E-state index contributed by atoms with van der Waals surface area (Å²) in [6, 6.07) is 70.8. The molecule has 0 amide bonds. The number of fused-ring (bicyclic) bond motifs is 10. The molecule has 0 aliphatic heterocycles. The number of nitrogens with zero attached hydrogens (tertiary/aromatic N) is 5. The number of hydrogen-bond acceptors (Lipinski definition) is 3. The molecular weight excluding hydrogens is 735 g/mol. The van der Waals surface area contributed by atoms with Gasteiger partial charge in [0.05, 0.1) is 33.1 Å². The van der Waals surface area contributed by atoms with Gasteiger partial charge in [0.2, 0.25) is 11.5 Å². The van der Waals surface area contributed by atoms with E-state index < -0.39 is 0 Å². The third-order valence-corrected chi connectivity index (χ3v) is 12.1. The molecule has 5 aromatic heterocycles. The quantitative estimate of drug-likeness (QED) is 0.175. The maximum Gasteiger partial charge on any atom is 0.228 e. The molecule has 0 fully saturated rings. The van der Waals surface area contributed by atoms with E-state index in [1.165, 1.54) is 54.4 Å². The number of hydrogen-bond donors (Lipinski definition) is 0. The third-order valence-electron chi connectivity index (χ3n) is 12.1. The zero-order valence-electron chi connectivity index (χ0n) is 32.2. The van der Waals surface area contributed by atoms with Crippen LogP contribution in [0.3, 0.4) is 0 Å². The highest BCUT2D eigenvalue weighted by Gasteiger charge is 2.21. The molecule has 0 saturated heterocycles. The third kappa shape index (κ3) is 4.76. The molecule has 0 bridgehead atoms. The first kappa shape index (κ1) is 32.8. The minimum atomic E-state index is 0.522. The smallest absolute Gasteiger partial charge is 0.228 e. The highest BCUT2D eigenvalue weighted by atomic mass is 16.3. The van der Waals surface area contributed by atoms with E-state index in [9.17, 15) is 0 Å². The van der Waals surface area contributed by atoms with Crippen molar-refractivity contribution in [1.29, 1.82) is 0 Å². The van der Waals surface area contributed by atoms with Crippen molar-refractivity contribution >= 4 is 76.6 Å². The lowest BCUT2D eigenvalue weighted by molar-refractivity contribution is 0.620. The predicted molar refractivity (Wildman–Crippen MR) is 246 cm³/mol. The molecule has 0 radical (unpaired) electrons. The molecule has 0 N–H and O–H groups in total. The van der Waals surface area contributed by atoms with Crippen LogP contribution in [0.1, 0.15) is 0 Å². The molecule has 13 aromatic rings. The predicted octanol–water partition coefficient (Wildman–Crippen LogP) is 13.8. The highest BCUT2D eigenvalue weighted by Crippen LogP contribution is 2.39. The van der Waals surface area contributed by atoms with Crippen LogP contribution in [0.4, 0.5) is 0 Å². The first-order chi connectivity index (χ1) is 29.8. The van der Waals surface area contributed by atoms with Gasteiger partial charge in [0.15, 0.2) is 5.58 Å². The van der Waals surface area contributed by atoms with Crippen LogP contribution in [0, 0.1) is 0 Å². The molecule has 6 nitrogen and oxygen atoms in total. The van der Waals surface area contributed by atoms with Crippen molar-refractivity contribution in [3.8, 4) is 39.8 Å². The van der Waals surface area contributed by atoms with E-state index in [2.05, 4.69) is 214 Å². The van der Waals surface area contributed by atoms with Crippen molar-refractivity contribution in [1.82, 2.24) is 23.7 Å². The summed E-state index contributed by atoms with van der Waals surface area (Å²) in [5.41, 5.74) is 13.0. The monoisotopic (exact) mass is 767 g/mol. The molecule has 0 aliphatic carbocycles. The normalized spacial score (nSPS) is 12.0. The second-order valence-electron chi connectivity index (χ2n) is 15.4. The number of aromatic nitrogens is 5. The van der Waals surface area contributed by atoms with Crippen LogP contribution >= 0.6 is 0 Å². The molecule has 0 unspecified atom stereocenters. The van der Waals surface area contributed by atoms with Crippen molar-refractivity contribution in [3.05, 3.63) is 200 Å². The van der Waals surface area contributed by atoms with E-state index in [0.717, 1.165) is 44.9 Å². The molecule has 60 heavy (non-hydrogen) atoms. The maximum atomic E-state index is 6.78. The summed E-state index contributed by atoms with van der Waals surface area (Å²) in [7, 11) is 0. The van der Waals surface area contributed by atoms with Crippen LogP contribution < -0.4 is 0 Å². The molecule has 13 rings (SSSR count). The molecule has 0 atom stereocenters. The fraction of sp³-hybridized carbons (Fsp3) is 0. The zero-order chi connectivity index (χ0) is 39.3. The summed E-state index contributed by atoms with van der Waals surface area (Å²) < 4.78 is 13.7. The van der Waals surface area contributed by atoms with Gasteiger partial charge < -0.3 is 13.6 Å². The van der Waals surface area contributed by atoms with Gasteiger partial charge in [-0.2, -0.15) is 4.98 Å². The highest BCUT2D eigenvalue weighted by molar-refractivity contribution is 6.11. The molecule has 0 aliphatic rings. The first-order valence-electron chi connectivity index (χ1n) is 20.2. The first-order valence-corrected chi connectivity index (χ1v) is 20.2. The number of benzene rings is 8. The maximum absolute atomic E-state index is 6.78. The minimum absolute atomic E-state index is 0.522. The number of rotatable bonds is 5. The number of pyridine rings is 1. The largest absolute Gasteiger partial charge is 0.434 e. The average Bonchev–Trinajstić information content (AvgIpc) is 4.07. The Labute approximate surface area is 343 Å². The summed E-state index contributed by atoms with van der Waals surface area (Å²) in [5.74, 6) is 1.30. The second kappa shape index (κ2) is 12.6. The fourth-order valence-electron chi connectivity index (χ4n) is 9.47. The van der Waals surface area contributed by atoms with Crippen molar-refractivity contribution < 1.29 is 4.42 Å². The minimum Gasteiger partial charge on any atom is -0.434 e. The van der Waals surface area contributed by atoms with Crippen LogP contribution in [0.25, 0.3) is 116 Å². The van der Waals surface area contributed by atoms with Gasteiger partial charge in [0, 0.05) is 54.8 Å².